The van der Waals surface area contributed by atoms with Gasteiger partial charge < -0.3 is 25.0 Å². The third-order valence-corrected chi connectivity index (χ3v) is 7.76. The van der Waals surface area contributed by atoms with Gasteiger partial charge in [-0.1, -0.05) is 44.2 Å². The van der Waals surface area contributed by atoms with Crippen LogP contribution < -0.4 is 15.4 Å². The van der Waals surface area contributed by atoms with E-state index in [9.17, 15) is 14.4 Å². The van der Waals surface area contributed by atoms with Crippen molar-refractivity contribution in [1.82, 2.24) is 15.5 Å². The van der Waals surface area contributed by atoms with E-state index >= 15 is 0 Å². The van der Waals surface area contributed by atoms with E-state index in [1.165, 1.54) is 16.9 Å². The van der Waals surface area contributed by atoms with Crippen LogP contribution in [0.4, 0.5) is 4.79 Å². The van der Waals surface area contributed by atoms with E-state index in [1.54, 1.807) is 11.4 Å². The molecule has 3 atom stereocenters. The molecule has 9 heteroatoms. The summed E-state index contributed by atoms with van der Waals surface area (Å²) in [6.07, 6.45) is 3.25. The molecule has 3 heterocycles. The van der Waals surface area contributed by atoms with Gasteiger partial charge >= 0.3 is 6.09 Å². The Morgan fingerprint density at radius 1 is 1.19 bits per heavy atom. The van der Waals surface area contributed by atoms with Crippen LogP contribution >= 0.6 is 11.3 Å². The van der Waals surface area contributed by atoms with Crippen molar-refractivity contribution in [3.63, 3.8) is 0 Å². The predicted octanol–water partition coefficient (Wildman–Crippen LogP) is 3.80. The van der Waals surface area contributed by atoms with Gasteiger partial charge in [-0.25, -0.2) is 4.79 Å². The van der Waals surface area contributed by atoms with Gasteiger partial charge in [0.05, 0.1) is 6.10 Å². The molecule has 2 N–H and O–H groups in total. The van der Waals surface area contributed by atoms with Crippen LogP contribution in [0.3, 0.4) is 0 Å². The Morgan fingerprint density at radius 2 is 1.95 bits per heavy atom. The standard InChI is InChI=1S/C28H37N3O5S/c1-28(2,12-10-20-8-4-3-5-9-20)16-22(29-27(34)36-21-11-15-37-19-21)26(33)30-25-23(32)18-35-24(25)17-31-13-6-7-14-31/h3-5,8-9,11,15,19,22,24-25H,6-7,10,12-14,16-18H2,1-2H3,(H,29,34)(H,30,33)/t22-,24?,25?/m0/s1. The molecule has 8 nitrogen and oxygen atoms in total. The minimum absolute atomic E-state index is 0.00961. The van der Waals surface area contributed by atoms with E-state index in [0.29, 0.717) is 18.7 Å². The largest absolute Gasteiger partial charge is 0.413 e. The van der Waals surface area contributed by atoms with Crippen molar-refractivity contribution in [2.24, 2.45) is 5.41 Å². The summed E-state index contributed by atoms with van der Waals surface area (Å²) in [4.78, 5) is 41.1. The molecule has 200 valence electrons. The number of rotatable bonds is 11. The summed E-state index contributed by atoms with van der Waals surface area (Å²) >= 11 is 1.42. The van der Waals surface area contributed by atoms with Crippen molar-refractivity contribution in [1.29, 1.82) is 0 Å². The Labute approximate surface area is 222 Å². The molecule has 2 fully saturated rings. The quantitative estimate of drug-likeness (QED) is 0.461. The highest BCUT2D eigenvalue weighted by molar-refractivity contribution is 7.08. The lowest BCUT2D eigenvalue weighted by molar-refractivity contribution is -0.128. The van der Waals surface area contributed by atoms with Gasteiger partial charge in [0.25, 0.3) is 0 Å². The van der Waals surface area contributed by atoms with Gasteiger partial charge in [0.2, 0.25) is 5.91 Å². The minimum Gasteiger partial charge on any atom is -0.409 e. The van der Waals surface area contributed by atoms with Crippen molar-refractivity contribution in [2.75, 3.05) is 26.2 Å². The summed E-state index contributed by atoms with van der Waals surface area (Å²) in [5.74, 6) is -0.110. The van der Waals surface area contributed by atoms with E-state index in [1.807, 2.05) is 23.6 Å². The third-order valence-electron chi connectivity index (χ3n) is 7.10. The third kappa shape index (κ3) is 8.12. The van der Waals surface area contributed by atoms with Gasteiger partial charge in [-0.05, 0) is 67.6 Å². The van der Waals surface area contributed by atoms with Crippen molar-refractivity contribution < 1.29 is 23.9 Å². The molecule has 2 unspecified atom stereocenters. The number of aryl methyl sites for hydroxylation is 1. The van der Waals surface area contributed by atoms with Crippen LogP contribution in [0.25, 0.3) is 0 Å². The van der Waals surface area contributed by atoms with Crippen molar-refractivity contribution in [3.8, 4) is 5.75 Å². The molecule has 2 aromatic rings. The van der Waals surface area contributed by atoms with E-state index in [-0.39, 0.29) is 23.9 Å². The highest BCUT2D eigenvalue weighted by Gasteiger charge is 2.40. The lowest BCUT2D eigenvalue weighted by Crippen LogP contribution is -2.56. The van der Waals surface area contributed by atoms with Crippen molar-refractivity contribution in [3.05, 3.63) is 52.7 Å². The van der Waals surface area contributed by atoms with Crippen LogP contribution in [0.2, 0.25) is 0 Å². The predicted molar refractivity (Wildman–Crippen MR) is 143 cm³/mol. The Morgan fingerprint density at radius 3 is 2.65 bits per heavy atom. The smallest absolute Gasteiger partial charge is 0.409 e. The van der Waals surface area contributed by atoms with Crippen molar-refractivity contribution in [2.45, 2.75) is 64.1 Å². The Bertz CT molecular complexity index is 1040. The second-order valence-corrected chi connectivity index (χ2v) is 11.5. The summed E-state index contributed by atoms with van der Waals surface area (Å²) < 4.78 is 11.1. The summed E-state index contributed by atoms with van der Waals surface area (Å²) in [5.41, 5.74) is 0.957. The van der Waals surface area contributed by atoms with Crippen LogP contribution in [0.1, 0.15) is 45.1 Å². The summed E-state index contributed by atoms with van der Waals surface area (Å²) in [6, 6.07) is 10.3. The number of hydrogen-bond donors (Lipinski definition) is 2. The lowest BCUT2D eigenvalue weighted by atomic mass is 9.80. The molecule has 0 saturated carbocycles. The molecule has 0 spiro atoms. The molecule has 1 aromatic carbocycles. The maximum atomic E-state index is 13.5. The van der Waals surface area contributed by atoms with Gasteiger partial charge in [0.15, 0.2) is 5.78 Å². The summed E-state index contributed by atoms with van der Waals surface area (Å²) in [7, 11) is 0. The van der Waals surface area contributed by atoms with E-state index in [4.69, 9.17) is 9.47 Å². The first-order valence-electron chi connectivity index (χ1n) is 13.0. The molecule has 37 heavy (non-hydrogen) atoms. The fraction of sp³-hybridized carbons (Fsp3) is 0.536. The number of hydrogen-bond acceptors (Lipinski definition) is 7. The van der Waals surface area contributed by atoms with Crippen molar-refractivity contribution >= 4 is 29.1 Å². The Hall–Kier alpha value is -2.75. The molecule has 0 bridgehead atoms. The zero-order chi connectivity index (χ0) is 26.3. The molecule has 1 aromatic heterocycles. The number of thiophene rings is 1. The molecule has 4 rings (SSSR count). The van der Waals surface area contributed by atoms with Gasteiger partial charge in [-0.15, -0.1) is 11.3 Å². The van der Waals surface area contributed by atoms with E-state index in [2.05, 4.69) is 41.5 Å². The molecule has 2 aliphatic rings. The van der Waals surface area contributed by atoms with Gasteiger partial charge in [0.1, 0.15) is 24.4 Å². The fourth-order valence-corrected chi connectivity index (χ4v) is 5.52. The number of ether oxygens (including phenoxy) is 2. The molecular weight excluding hydrogens is 490 g/mol. The van der Waals surface area contributed by atoms with Crippen LogP contribution in [-0.2, 0) is 20.7 Å². The molecular formula is C28H37N3O5S. The van der Waals surface area contributed by atoms with E-state index < -0.39 is 24.1 Å². The Kier molecular flexibility index (Phi) is 9.34. The normalized spacial score (nSPS) is 21.1. The second-order valence-electron chi connectivity index (χ2n) is 10.7. The SMILES string of the molecule is CC(C)(CCc1ccccc1)C[C@H](NC(=O)Oc1ccsc1)C(=O)NC1C(=O)COC1CN1CCCC1. The highest BCUT2D eigenvalue weighted by Crippen LogP contribution is 2.29. The Balaban J connectivity index is 1.42. The van der Waals surface area contributed by atoms with Crippen LogP contribution in [0, 0.1) is 5.41 Å². The number of amides is 2. The number of carbonyl (C=O) groups is 3. The number of ketones is 1. The van der Waals surface area contributed by atoms with Crippen LogP contribution in [0.15, 0.2) is 47.2 Å². The monoisotopic (exact) mass is 527 g/mol. The lowest BCUT2D eigenvalue weighted by Gasteiger charge is -2.31. The number of likely N-dealkylation sites (tertiary alicyclic amines) is 1. The molecule has 2 aliphatic heterocycles. The van der Waals surface area contributed by atoms with Crippen LogP contribution in [0.5, 0.6) is 5.75 Å². The van der Waals surface area contributed by atoms with E-state index in [0.717, 1.165) is 38.8 Å². The topological polar surface area (TPSA) is 97.0 Å². The molecule has 0 aliphatic carbocycles. The summed E-state index contributed by atoms with van der Waals surface area (Å²) in [6.45, 7) is 6.72. The number of nitrogens with one attached hydrogen (secondary N) is 2. The van der Waals surface area contributed by atoms with Crippen LogP contribution in [-0.4, -0.2) is 67.1 Å². The molecule has 2 amide bonds. The number of nitrogens with zero attached hydrogens (tertiary/aromatic N) is 1. The van der Waals surface area contributed by atoms with Gasteiger partial charge in [0, 0.05) is 11.9 Å². The maximum absolute atomic E-state index is 13.5. The molecule has 2 saturated heterocycles. The average molecular weight is 528 g/mol. The second kappa shape index (κ2) is 12.7. The number of benzene rings is 1. The highest BCUT2D eigenvalue weighted by atomic mass is 32.1. The zero-order valence-electron chi connectivity index (χ0n) is 21.6. The first-order valence-corrected chi connectivity index (χ1v) is 13.9. The average Bonchev–Trinajstić information content (AvgIpc) is 3.64. The first-order chi connectivity index (χ1) is 17.8. The molecule has 0 radical (unpaired) electrons. The zero-order valence-corrected chi connectivity index (χ0v) is 22.4. The first kappa shape index (κ1) is 27.3. The number of Topliss-reactive ketones (excluding diaryl/α,β-unsaturated/α-hetero) is 1. The maximum Gasteiger partial charge on any atom is 0.413 e. The fourth-order valence-electron chi connectivity index (χ4n) is 4.97. The minimum atomic E-state index is -0.863. The number of carbonyl (C=O) groups excluding carboxylic acids is 3. The summed E-state index contributed by atoms with van der Waals surface area (Å²) in [5, 5.41) is 9.19. The van der Waals surface area contributed by atoms with Gasteiger partial charge in [-0.2, -0.15) is 0 Å². The van der Waals surface area contributed by atoms with Gasteiger partial charge in [-0.3, -0.25) is 9.59 Å².